The topological polar surface area (TPSA) is 0 Å². The van der Waals surface area contributed by atoms with Gasteiger partial charge in [-0.05, 0) is 88.7 Å². The van der Waals surface area contributed by atoms with E-state index in [4.69, 9.17) is 0 Å². The lowest BCUT2D eigenvalue weighted by molar-refractivity contribution is 0.998. The van der Waals surface area contributed by atoms with Gasteiger partial charge in [-0.2, -0.15) is 0 Å². The van der Waals surface area contributed by atoms with Crippen LogP contribution in [0.5, 0.6) is 0 Å². The number of benzene rings is 1. The van der Waals surface area contributed by atoms with E-state index in [0.717, 1.165) is 17.9 Å². The summed E-state index contributed by atoms with van der Waals surface area (Å²) in [5.74, 6) is 0. The minimum atomic E-state index is 0.276. The van der Waals surface area contributed by atoms with Crippen molar-refractivity contribution in [3.05, 3.63) is 29.0 Å². The maximum absolute atomic E-state index is 3.64. The molecule has 1 rings (SSSR count). The molecule has 0 fully saturated rings. The molecule has 0 saturated heterocycles. The molecule has 0 nitrogen and oxygen atoms in total. The highest BCUT2D eigenvalue weighted by molar-refractivity contribution is 9.15. The maximum Gasteiger partial charge on any atom is 0.0474 e. The summed E-state index contributed by atoms with van der Waals surface area (Å²) in [6.07, 6.45) is 0. The van der Waals surface area contributed by atoms with E-state index in [0.29, 0.717) is 0 Å². The summed E-state index contributed by atoms with van der Waals surface area (Å²) in [5, 5.41) is 0. The van der Waals surface area contributed by atoms with Crippen LogP contribution in [0, 0.1) is 0 Å². The zero-order valence-electron chi connectivity index (χ0n) is 8.42. The van der Waals surface area contributed by atoms with Gasteiger partial charge in [0.25, 0.3) is 0 Å². The van der Waals surface area contributed by atoms with E-state index < -0.39 is 0 Å². The summed E-state index contributed by atoms with van der Waals surface area (Å²) in [4.78, 5) is 0.551. The molecule has 0 heterocycles. The Morgan fingerprint density at radius 3 is 1.06 bits per heavy atom. The van der Waals surface area contributed by atoms with E-state index in [1.807, 2.05) is 0 Å². The molecule has 1 aromatic rings. The molecule has 0 bridgehead atoms. The van der Waals surface area contributed by atoms with Crippen molar-refractivity contribution in [3.63, 3.8) is 0 Å². The van der Waals surface area contributed by atoms with Crippen LogP contribution in [0.1, 0.15) is 34.6 Å². The molecule has 0 aliphatic rings. The van der Waals surface area contributed by atoms with E-state index in [2.05, 4.69) is 109 Å². The molecule has 0 aliphatic heterocycles. The second kappa shape index (κ2) is 6.51. The molecule has 0 aliphatic carbocycles. The van der Waals surface area contributed by atoms with E-state index in [9.17, 15) is 0 Å². The first kappa shape index (κ1) is 16.2. The Balaban J connectivity index is 3.69. The van der Waals surface area contributed by atoms with Crippen LogP contribution in [0.15, 0.2) is 17.9 Å². The SMILES string of the molecule is CC(Br)c1c(Br)c(Br)c(Br)c(Br)c1C(C)Br. The van der Waals surface area contributed by atoms with Gasteiger partial charge in [0.05, 0.1) is 0 Å². The number of hydrogen-bond donors (Lipinski definition) is 0. The second-order valence-electron chi connectivity index (χ2n) is 3.32. The van der Waals surface area contributed by atoms with Crippen LogP contribution in [0.3, 0.4) is 0 Å². The number of rotatable bonds is 2. The Morgan fingerprint density at radius 2 is 0.875 bits per heavy atom. The number of alkyl halides is 2. The fourth-order valence-corrected chi connectivity index (χ4v) is 5.88. The first-order valence-corrected chi connectivity index (χ1v) is 9.43. The lowest BCUT2D eigenvalue weighted by atomic mass is 10.0. The van der Waals surface area contributed by atoms with Crippen LogP contribution in [-0.4, -0.2) is 0 Å². The highest BCUT2D eigenvalue weighted by atomic mass is 79.9. The summed E-state index contributed by atoms with van der Waals surface area (Å²) in [6.45, 7) is 4.23. The van der Waals surface area contributed by atoms with Crippen molar-refractivity contribution >= 4 is 95.6 Å². The van der Waals surface area contributed by atoms with Crippen LogP contribution in [0.25, 0.3) is 0 Å². The Kier molecular flexibility index (Phi) is 6.57. The monoisotopic (exact) mass is 602 g/mol. The van der Waals surface area contributed by atoms with Crippen molar-refractivity contribution in [2.75, 3.05) is 0 Å². The molecule has 0 saturated carbocycles. The summed E-state index contributed by atoms with van der Waals surface area (Å²) in [5.41, 5.74) is 2.48. The number of hydrogen-bond acceptors (Lipinski definition) is 0. The smallest absolute Gasteiger partial charge is 0.0474 e. The van der Waals surface area contributed by atoms with Crippen LogP contribution >= 0.6 is 95.6 Å². The first-order chi connectivity index (χ1) is 7.29. The third-order valence-electron chi connectivity index (χ3n) is 2.14. The summed E-state index contributed by atoms with van der Waals surface area (Å²) in [7, 11) is 0. The predicted molar refractivity (Wildman–Crippen MR) is 91.9 cm³/mol. The first-order valence-electron chi connectivity index (χ1n) is 4.42. The highest BCUT2D eigenvalue weighted by Gasteiger charge is 2.23. The second-order valence-corrected chi connectivity index (χ2v) is 9.23. The van der Waals surface area contributed by atoms with Gasteiger partial charge in [-0.1, -0.05) is 31.9 Å². The Hall–Kier alpha value is 2.10. The molecule has 0 N–H and O–H groups in total. The van der Waals surface area contributed by atoms with Gasteiger partial charge in [-0.15, -0.1) is 0 Å². The van der Waals surface area contributed by atoms with Crippen LogP contribution in [-0.2, 0) is 0 Å². The molecular weight excluding hydrogens is 600 g/mol. The third kappa shape index (κ3) is 3.16. The van der Waals surface area contributed by atoms with Crippen LogP contribution in [0.2, 0.25) is 0 Å². The minimum Gasteiger partial charge on any atom is -0.0841 e. The Morgan fingerprint density at radius 1 is 0.625 bits per heavy atom. The van der Waals surface area contributed by atoms with Gasteiger partial charge >= 0.3 is 0 Å². The fraction of sp³-hybridized carbons (Fsp3) is 0.400. The summed E-state index contributed by atoms with van der Waals surface area (Å²) >= 11 is 21.7. The molecule has 2 unspecified atom stereocenters. The van der Waals surface area contributed by atoms with Gasteiger partial charge in [0.15, 0.2) is 0 Å². The lowest BCUT2D eigenvalue weighted by Crippen LogP contribution is -2.00. The molecule has 0 spiro atoms. The van der Waals surface area contributed by atoms with Crippen molar-refractivity contribution in [2.24, 2.45) is 0 Å². The third-order valence-corrected chi connectivity index (χ3v) is 7.88. The molecule has 90 valence electrons. The Labute approximate surface area is 146 Å². The van der Waals surface area contributed by atoms with Gasteiger partial charge in [-0.3, -0.25) is 0 Å². The Bertz CT molecular complexity index is 372. The average molecular weight is 608 g/mol. The van der Waals surface area contributed by atoms with Gasteiger partial charge < -0.3 is 0 Å². The number of halogens is 6. The molecule has 6 heteroatoms. The molecular formula is C10H8Br6. The van der Waals surface area contributed by atoms with Gasteiger partial charge in [-0.25, -0.2) is 0 Å². The van der Waals surface area contributed by atoms with Crippen molar-refractivity contribution in [2.45, 2.75) is 23.5 Å². The molecule has 1 aromatic carbocycles. The predicted octanol–water partition coefficient (Wildman–Crippen LogP) is 7.65. The van der Waals surface area contributed by atoms with Crippen LogP contribution in [0.4, 0.5) is 0 Å². The quantitative estimate of drug-likeness (QED) is 0.184. The highest BCUT2D eigenvalue weighted by Crippen LogP contribution is 2.49. The van der Waals surface area contributed by atoms with Crippen molar-refractivity contribution < 1.29 is 0 Å². The molecule has 2 atom stereocenters. The lowest BCUT2D eigenvalue weighted by Gasteiger charge is -2.20. The van der Waals surface area contributed by atoms with Crippen molar-refractivity contribution in [1.29, 1.82) is 0 Å². The molecule has 16 heavy (non-hydrogen) atoms. The fourth-order valence-electron chi connectivity index (χ4n) is 1.44. The van der Waals surface area contributed by atoms with Gasteiger partial charge in [0.2, 0.25) is 0 Å². The molecule has 0 aromatic heterocycles. The van der Waals surface area contributed by atoms with Gasteiger partial charge in [0, 0.05) is 27.5 Å². The van der Waals surface area contributed by atoms with E-state index in [1.165, 1.54) is 11.1 Å². The average Bonchev–Trinajstić information content (AvgIpc) is 2.18. The van der Waals surface area contributed by atoms with E-state index in [-0.39, 0.29) is 9.65 Å². The zero-order chi connectivity index (χ0) is 12.6. The zero-order valence-corrected chi connectivity index (χ0v) is 17.9. The standard InChI is InChI=1S/C10H8Br6/c1-3(11)5-6(4(2)12)8(14)10(16)9(15)7(5)13/h3-4H,1-2H3. The normalized spacial score (nSPS) is 15.0. The maximum atomic E-state index is 3.64. The van der Waals surface area contributed by atoms with E-state index in [1.54, 1.807) is 0 Å². The molecule has 0 radical (unpaired) electrons. The van der Waals surface area contributed by atoms with Gasteiger partial charge in [0.1, 0.15) is 0 Å². The summed E-state index contributed by atoms with van der Waals surface area (Å²) < 4.78 is 4.21. The summed E-state index contributed by atoms with van der Waals surface area (Å²) in [6, 6.07) is 0. The molecule has 0 amide bonds. The largest absolute Gasteiger partial charge is 0.0841 e. The van der Waals surface area contributed by atoms with E-state index >= 15 is 0 Å². The van der Waals surface area contributed by atoms with Crippen LogP contribution < -0.4 is 0 Å². The van der Waals surface area contributed by atoms with Crippen molar-refractivity contribution in [3.8, 4) is 0 Å². The van der Waals surface area contributed by atoms with Crippen molar-refractivity contribution in [1.82, 2.24) is 0 Å². The minimum absolute atomic E-state index is 0.276.